The van der Waals surface area contributed by atoms with Crippen LogP contribution in [0.1, 0.15) is 101 Å². The molecule has 1 saturated carbocycles. The summed E-state index contributed by atoms with van der Waals surface area (Å²) in [6.07, 6.45) is 3.95. The molecule has 1 aliphatic heterocycles. The summed E-state index contributed by atoms with van der Waals surface area (Å²) < 4.78 is 20.4. The first-order chi connectivity index (χ1) is 22.5. The zero-order valence-electron chi connectivity index (χ0n) is 28.5. The largest absolute Gasteiger partial charge is 0.344 e. The number of anilines is 1. The first-order valence-electron chi connectivity index (χ1n) is 17.0. The Hall–Kier alpha value is -3.87. The van der Waals surface area contributed by atoms with Crippen molar-refractivity contribution in [3.8, 4) is 0 Å². The van der Waals surface area contributed by atoms with E-state index in [1.165, 1.54) is 12.1 Å². The molecule has 1 aromatic carbocycles. The number of rotatable bonds is 12. The molecule has 12 nitrogen and oxygen atoms in total. The lowest BCUT2D eigenvalue weighted by Crippen LogP contribution is -2.58. The van der Waals surface area contributed by atoms with E-state index in [0.717, 1.165) is 38.8 Å². The van der Waals surface area contributed by atoms with Gasteiger partial charge >= 0.3 is 0 Å². The van der Waals surface area contributed by atoms with Crippen LogP contribution in [0.25, 0.3) is 0 Å². The number of likely N-dealkylation sites (N-methyl/N-ethyl adjacent to an activating group) is 1. The maximum Gasteiger partial charge on any atom is 0.276 e. The van der Waals surface area contributed by atoms with Crippen LogP contribution >= 0.6 is 0 Å². The summed E-state index contributed by atoms with van der Waals surface area (Å²) >= 11 is 0. The number of benzene rings is 1. The van der Waals surface area contributed by atoms with Crippen molar-refractivity contribution in [3.05, 3.63) is 41.0 Å². The third-order valence-electron chi connectivity index (χ3n) is 9.87. The van der Waals surface area contributed by atoms with Crippen LogP contribution < -0.4 is 16.0 Å². The van der Waals surface area contributed by atoms with E-state index in [4.69, 9.17) is 4.63 Å². The van der Waals surface area contributed by atoms with E-state index in [1.54, 1.807) is 24.8 Å². The maximum atomic E-state index is 15.7. The number of carbonyl (C=O) groups is 4. The molecule has 2 aromatic rings. The summed E-state index contributed by atoms with van der Waals surface area (Å²) in [6, 6.07) is 2.79. The molecule has 2 fully saturated rings. The van der Waals surface area contributed by atoms with Gasteiger partial charge in [-0.3, -0.25) is 24.1 Å². The van der Waals surface area contributed by atoms with E-state index in [1.807, 2.05) is 6.92 Å². The molecular weight excluding hydrogens is 605 g/mol. The van der Waals surface area contributed by atoms with Gasteiger partial charge in [0.2, 0.25) is 17.7 Å². The van der Waals surface area contributed by atoms with Crippen molar-refractivity contribution in [1.82, 2.24) is 30.7 Å². The SMILES string of the molecule is CCC(=O)N[C@@H](C(=O)N1CCN(CC)[C@H](C)C1)[C@@H](C)c1ccc(NC(=O)[C@@H](NC(=O)c2nonc2CC)[C@H]2CC[C@H](C)CC2)c(F)c1. The van der Waals surface area contributed by atoms with Crippen molar-refractivity contribution in [2.24, 2.45) is 11.8 Å². The number of hydrogen-bond donors (Lipinski definition) is 3. The molecule has 1 saturated heterocycles. The first kappa shape index (κ1) is 36.0. The molecule has 1 aromatic heterocycles. The summed E-state index contributed by atoms with van der Waals surface area (Å²) in [5.74, 6) is -2.41. The average molecular weight is 656 g/mol. The second kappa shape index (κ2) is 16.3. The number of piperazine rings is 1. The summed E-state index contributed by atoms with van der Waals surface area (Å²) in [5.41, 5.74) is 0.878. The quantitative estimate of drug-likeness (QED) is 0.312. The molecule has 0 unspecified atom stereocenters. The zero-order valence-corrected chi connectivity index (χ0v) is 28.5. The van der Waals surface area contributed by atoms with Crippen LogP contribution in [-0.4, -0.2) is 88.0 Å². The van der Waals surface area contributed by atoms with Gasteiger partial charge in [-0.2, -0.15) is 0 Å². The van der Waals surface area contributed by atoms with E-state index < -0.39 is 35.6 Å². The molecule has 4 amide bonds. The Bertz CT molecular complexity index is 1410. The van der Waals surface area contributed by atoms with Crippen molar-refractivity contribution in [1.29, 1.82) is 0 Å². The first-order valence-corrected chi connectivity index (χ1v) is 17.0. The zero-order chi connectivity index (χ0) is 34.2. The normalized spacial score (nSPS) is 22.2. The van der Waals surface area contributed by atoms with Crippen LogP contribution in [0.15, 0.2) is 22.8 Å². The number of aromatic nitrogens is 2. The summed E-state index contributed by atoms with van der Waals surface area (Å²) in [7, 11) is 0. The second-order valence-corrected chi connectivity index (χ2v) is 13.1. The molecule has 3 N–H and O–H groups in total. The molecule has 2 aliphatic rings. The highest BCUT2D eigenvalue weighted by Crippen LogP contribution is 2.32. The van der Waals surface area contributed by atoms with Crippen molar-refractivity contribution in [2.75, 3.05) is 31.5 Å². The van der Waals surface area contributed by atoms with Gasteiger partial charge in [0.1, 0.15) is 23.6 Å². The van der Waals surface area contributed by atoms with E-state index >= 15 is 4.39 Å². The third-order valence-corrected chi connectivity index (χ3v) is 9.87. The molecule has 4 atom stereocenters. The van der Waals surface area contributed by atoms with Gasteiger partial charge in [0, 0.05) is 38.0 Å². The number of nitrogens with one attached hydrogen (secondary N) is 3. The third kappa shape index (κ3) is 8.74. The summed E-state index contributed by atoms with van der Waals surface area (Å²) in [4.78, 5) is 57.1. The highest BCUT2D eigenvalue weighted by atomic mass is 19.1. The molecule has 4 rings (SSSR count). The molecule has 2 heterocycles. The fourth-order valence-corrected chi connectivity index (χ4v) is 6.69. The molecule has 0 radical (unpaired) electrons. The van der Waals surface area contributed by atoms with Crippen molar-refractivity contribution in [2.45, 2.75) is 104 Å². The fraction of sp³-hybridized carbons (Fsp3) is 0.647. The highest BCUT2D eigenvalue weighted by molar-refractivity contribution is 6.01. The minimum atomic E-state index is -0.920. The van der Waals surface area contributed by atoms with E-state index in [9.17, 15) is 19.2 Å². The number of nitrogens with zero attached hydrogens (tertiary/aromatic N) is 4. The molecule has 258 valence electrons. The molecule has 1 aliphatic carbocycles. The predicted octanol–water partition coefficient (Wildman–Crippen LogP) is 3.89. The van der Waals surface area contributed by atoms with Crippen molar-refractivity contribution in [3.63, 3.8) is 0 Å². The van der Waals surface area contributed by atoms with Crippen LogP contribution in [0.3, 0.4) is 0 Å². The molecule has 13 heteroatoms. The molecular formula is C34H50FN7O5. The van der Waals surface area contributed by atoms with Crippen molar-refractivity contribution < 1.29 is 28.2 Å². The van der Waals surface area contributed by atoms with Crippen molar-refractivity contribution >= 4 is 29.3 Å². The molecule has 0 bridgehead atoms. The number of carbonyl (C=O) groups excluding carboxylic acids is 4. The topological polar surface area (TPSA) is 150 Å². The van der Waals surface area contributed by atoms with Gasteiger partial charge in [0.25, 0.3) is 5.91 Å². The van der Waals surface area contributed by atoms with Gasteiger partial charge in [-0.25, -0.2) is 9.02 Å². The Labute approximate surface area is 276 Å². The minimum absolute atomic E-state index is 0.0277. The van der Waals surface area contributed by atoms with Crippen LogP contribution in [0, 0.1) is 17.7 Å². The minimum Gasteiger partial charge on any atom is -0.344 e. The number of hydrogen-bond acceptors (Lipinski definition) is 8. The van der Waals surface area contributed by atoms with E-state index in [0.29, 0.717) is 36.7 Å². The predicted molar refractivity (Wildman–Crippen MR) is 175 cm³/mol. The van der Waals surface area contributed by atoms with Gasteiger partial charge in [-0.05, 0) is 67.4 Å². The Morgan fingerprint density at radius 1 is 1.02 bits per heavy atom. The lowest BCUT2D eigenvalue weighted by molar-refractivity contribution is -0.139. The smallest absolute Gasteiger partial charge is 0.276 e. The summed E-state index contributed by atoms with van der Waals surface area (Å²) in [6.45, 7) is 14.4. The highest BCUT2D eigenvalue weighted by Gasteiger charge is 2.36. The second-order valence-electron chi connectivity index (χ2n) is 13.1. The van der Waals surface area contributed by atoms with Gasteiger partial charge in [-0.1, -0.05) is 58.7 Å². The van der Waals surface area contributed by atoms with Crippen LogP contribution in [0.4, 0.5) is 10.1 Å². The van der Waals surface area contributed by atoms with Gasteiger partial charge < -0.3 is 20.9 Å². The number of amides is 4. The Balaban J connectivity index is 1.52. The molecule has 0 spiro atoms. The Morgan fingerprint density at radius 2 is 1.74 bits per heavy atom. The van der Waals surface area contributed by atoms with Gasteiger partial charge in [-0.15, -0.1) is 0 Å². The van der Waals surface area contributed by atoms with E-state index in [-0.39, 0.29) is 41.6 Å². The fourth-order valence-electron chi connectivity index (χ4n) is 6.69. The Kier molecular flexibility index (Phi) is 12.5. The number of aryl methyl sites for hydroxylation is 1. The Morgan fingerprint density at radius 3 is 2.36 bits per heavy atom. The average Bonchev–Trinajstić information content (AvgIpc) is 3.56. The molecule has 47 heavy (non-hydrogen) atoms. The van der Waals surface area contributed by atoms with Crippen LogP contribution in [0.2, 0.25) is 0 Å². The maximum absolute atomic E-state index is 15.7. The lowest BCUT2D eigenvalue weighted by Gasteiger charge is -2.41. The van der Waals surface area contributed by atoms with Crippen LogP contribution in [0.5, 0.6) is 0 Å². The van der Waals surface area contributed by atoms with E-state index in [2.05, 4.69) is 51.9 Å². The van der Waals surface area contributed by atoms with Crippen LogP contribution in [-0.2, 0) is 20.8 Å². The number of halogens is 1. The summed E-state index contributed by atoms with van der Waals surface area (Å²) in [5, 5.41) is 15.9. The monoisotopic (exact) mass is 655 g/mol. The lowest BCUT2D eigenvalue weighted by atomic mass is 9.79. The van der Waals surface area contributed by atoms with Gasteiger partial charge in [0.15, 0.2) is 5.69 Å². The standard InChI is InChI=1S/C34H50FN7O5/c1-7-26-31(40-47-39-26)33(45)38-30(23-12-10-20(4)11-13-23)32(44)36-27-15-14-24(18-25(27)35)22(6)29(37-28(43)8-2)34(46)42-17-16-41(9-3)21(5)19-42/h14-15,18,20-23,29-30H,7-13,16-17,19H2,1-6H3,(H,36,44)(H,37,43)(H,38,45)/t20-,21-,22+,23-,29-,30+/m1/s1. The van der Waals surface area contributed by atoms with Gasteiger partial charge in [0.05, 0.1) is 5.69 Å².